The highest BCUT2D eigenvalue weighted by atomic mass is 32.2. The lowest BCUT2D eigenvalue weighted by atomic mass is 9.87. The van der Waals surface area contributed by atoms with Crippen LogP contribution in [0.2, 0.25) is 0 Å². The van der Waals surface area contributed by atoms with Crippen molar-refractivity contribution in [3.05, 3.63) is 83.2 Å². The summed E-state index contributed by atoms with van der Waals surface area (Å²) in [6.07, 6.45) is 0. The van der Waals surface area contributed by atoms with E-state index in [2.05, 4.69) is 66.7 Å². The van der Waals surface area contributed by atoms with Crippen LogP contribution >= 0.6 is 11.8 Å². The van der Waals surface area contributed by atoms with E-state index >= 15 is 0 Å². The van der Waals surface area contributed by atoms with Gasteiger partial charge in [0.15, 0.2) is 16.8 Å². The Labute approximate surface area is 224 Å². The zero-order chi connectivity index (χ0) is 26.7. The molecule has 0 amide bonds. The molecule has 0 aliphatic rings. The highest BCUT2D eigenvalue weighted by Crippen LogP contribution is 2.31. The van der Waals surface area contributed by atoms with Crippen molar-refractivity contribution in [3.8, 4) is 17.1 Å². The number of carbonyl (C=O) groups is 1. The van der Waals surface area contributed by atoms with E-state index in [1.165, 1.54) is 17.3 Å². The minimum Gasteiger partial charge on any atom is -0.383 e. The topological polar surface area (TPSA) is 61.9 Å². The van der Waals surface area contributed by atoms with Crippen molar-refractivity contribution in [2.45, 2.75) is 58.2 Å². The van der Waals surface area contributed by atoms with Gasteiger partial charge < -0.3 is 9.30 Å². The number of ether oxygens (including phenoxy) is 1. The lowest BCUT2D eigenvalue weighted by molar-refractivity contribution is 0.102. The van der Waals surface area contributed by atoms with Crippen molar-refractivity contribution in [2.75, 3.05) is 19.5 Å². The molecule has 0 fully saturated rings. The fourth-order valence-corrected chi connectivity index (χ4v) is 5.58. The zero-order valence-corrected chi connectivity index (χ0v) is 23.6. The van der Waals surface area contributed by atoms with E-state index in [-0.39, 0.29) is 23.0 Å². The van der Waals surface area contributed by atoms with E-state index in [1.54, 1.807) is 7.11 Å². The Bertz CT molecular complexity index is 1370. The van der Waals surface area contributed by atoms with E-state index in [4.69, 9.17) is 4.74 Å². The van der Waals surface area contributed by atoms with Gasteiger partial charge in [-0.25, -0.2) is 0 Å². The first kappa shape index (κ1) is 26.9. The quantitative estimate of drug-likeness (QED) is 0.180. The van der Waals surface area contributed by atoms with Crippen molar-refractivity contribution in [3.63, 3.8) is 0 Å². The molecule has 2 aromatic carbocycles. The molecule has 2 heterocycles. The Balaban J connectivity index is 1.63. The van der Waals surface area contributed by atoms with Crippen LogP contribution in [0.5, 0.6) is 0 Å². The number of nitrogens with zero attached hydrogens (tertiary/aromatic N) is 4. The van der Waals surface area contributed by atoms with Crippen molar-refractivity contribution < 1.29 is 9.53 Å². The number of thioether (sulfide) groups is 1. The second-order valence-corrected chi connectivity index (χ2v) is 11.4. The fraction of sp³-hybridized carbons (Fsp3) is 0.367. The third kappa shape index (κ3) is 5.73. The highest BCUT2D eigenvalue weighted by molar-refractivity contribution is 7.99. The predicted molar refractivity (Wildman–Crippen MR) is 151 cm³/mol. The Hall–Kier alpha value is -3.16. The summed E-state index contributed by atoms with van der Waals surface area (Å²) in [6.45, 7) is 13.3. The van der Waals surface area contributed by atoms with Crippen molar-refractivity contribution in [1.82, 2.24) is 19.3 Å². The second-order valence-electron chi connectivity index (χ2n) is 10.5. The van der Waals surface area contributed by atoms with Gasteiger partial charge in [0, 0.05) is 35.3 Å². The van der Waals surface area contributed by atoms with Gasteiger partial charge in [0.1, 0.15) is 0 Å². The maximum Gasteiger partial charge on any atom is 0.196 e. The number of aryl methyl sites for hydroxylation is 1. The summed E-state index contributed by atoms with van der Waals surface area (Å²) in [7, 11) is 1.70. The summed E-state index contributed by atoms with van der Waals surface area (Å²) in [5.74, 6) is 1.11. The second kappa shape index (κ2) is 11.1. The highest BCUT2D eigenvalue weighted by Gasteiger charge is 2.22. The number of hydrogen-bond acceptors (Lipinski definition) is 5. The molecule has 0 aliphatic carbocycles. The van der Waals surface area contributed by atoms with Crippen LogP contribution in [0.25, 0.3) is 17.1 Å². The average Bonchev–Trinajstić information content (AvgIpc) is 3.43. The van der Waals surface area contributed by atoms with Gasteiger partial charge in [-0.15, -0.1) is 10.2 Å². The van der Waals surface area contributed by atoms with Crippen molar-refractivity contribution in [2.24, 2.45) is 0 Å². The zero-order valence-electron chi connectivity index (χ0n) is 22.8. The fourth-order valence-electron chi connectivity index (χ4n) is 4.74. The first-order chi connectivity index (χ1) is 17.6. The largest absolute Gasteiger partial charge is 0.383 e. The molecule has 1 atom stereocenters. The van der Waals surface area contributed by atoms with Crippen LogP contribution in [0.15, 0.2) is 65.8 Å². The molecular weight excluding hydrogens is 480 g/mol. The van der Waals surface area contributed by atoms with Gasteiger partial charge in [-0.3, -0.25) is 9.36 Å². The lowest BCUT2D eigenvalue weighted by Crippen LogP contribution is -2.14. The first-order valence-corrected chi connectivity index (χ1v) is 13.6. The third-order valence-corrected chi connectivity index (χ3v) is 7.55. The Morgan fingerprint density at radius 2 is 1.70 bits per heavy atom. The molecule has 4 rings (SSSR count). The molecule has 6 nitrogen and oxygen atoms in total. The Kier molecular flexibility index (Phi) is 8.05. The molecule has 0 radical (unpaired) electrons. The number of Topliss-reactive ketones (excluding diaryl/α,β-unsaturated/α-hetero) is 1. The van der Waals surface area contributed by atoms with E-state index in [0.717, 1.165) is 34.0 Å². The van der Waals surface area contributed by atoms with E-state index in [9.17, 15) is 4.79 Å². The molecule has 7 heteroatoms. The summed E-state index contributed by atoms with van der Waals surface area (Å²) in [5, 5.41) is 9.74. The number of aromatic nitrogens is 4. The van der Waals surface area contributed by atoms with Crippen LogP contribution in [-0.2, 0) is 10.2 Å². The minimum absolute atomic E-state index is 0.0732. The van der Waals surface area contributed by atoms with E-state index in [1.807, 2.05) is 54.8 Å². The standard InChI is InChI=1S/C30H36N4O2S/c1-20-17-26(22(3)33(20)21(2)18-36-7)27(35)19-37-29-32-31-28(34(29)25-11-9-8-10-12-25)23-13-15-24(16-14-23)30(4,5)6/h8-17,21H,18-19H2,1-7H3/t21-/m0/s1. The smallest absolute Gasteiger partial charge is 0.196 e. The van der Waals surface area contributed by atoms with Gasteiger partial charge >= 0.3 is 0 Å². The molecule has 37 heavy (non-hydrogen) atoms. The van der Waals surface area contributed by atoms with Gasteiger partial charge in [0.2, 0.25) is 0 Å². The van der Waals surface area contributed by atoms with Crippen LogP contribution in [0.1, 0.15) is 61.0 Å². The first-order valence-electron chi connectivity index (χ1n) is 12.6. The summed E-state index contributed by atoms with van der Waals surface area (Å²) in [5.41, 5.74) is 6.06. The number of methoxy groups -OCH3 is 1. The van der Waals surface area contributed by atoms with Gasteiger partial charge in [0.05, 0.1) is 18.4 Å². The summed E-state index contributed by atoms with van der Waals surface area (Å²) >= 11 is 1.42. The molecule has 0 unspecified atom stereocenters. The number of rotatable bonds is 9. The number of carbonyl (C=O) groups excluding carboxylic acids is 1. The third-order valence-electron chi connectivity index (χ3n) is 6.62. The van der Waals surface area contributed by atoms with Crippen LogP contribution in [0, 0.1) is 13.8 Å². The normalized spacial score (nSPS) is 12.6. The number of para-hydroxylation sites is 1. The molecule has 0 bridgehead atoms. The number of benzene rings is 2. The van der Waals surface area contributed by atoms with Crippen LogP contribution < -0.4 is 0 Å². The van der Waals surface area contributed by atoms with Crippen molar-refractivity contribution in [1.29, 1.82) is 0 Å². The molecule has 194 valence electrons. The molecule has 4 aromatic rings. The maximum atomic E-state index is 13.3. The molecule has 0 spiro atoms. The SMILES string of the molecule is COC[C@H](C)n1c(C)cc(C(=O)CSc2nnc(-c3ccc(C(C)(C)C)cc3)n2-c2ccccc2)c1C. The predicted octanol–water partition coefficient (Wildman–Crippen LogP) is 6.83. The number of ketones is 1. The van der Waals surface area contributed by atoms with Gasteiger partial charge in [0.25, 0.3) is 0 Å². The van der Waals surface area contributed by atoms with Crippen LogP contribution in [0.3, 0.4) is 0 Å². The number of hydrogen-bond donors (Lipinski definition) is 0. The van der Waals surface area contributed by atoms with Gasteiger partial charge in [-0.1, -0.05) is 75.0 Å². The average molecular weight is 517 g/mol. The molecule has 2 aromatic heterocycles. The molecule has 0 N–H and O–H groups in total. The van der Waals surface area contributed by atoms with Gasteiger partial charge in [-0.2, -0.15) is 0 Å². The summed E-state index contributed by atoms with van der Waals surface area (Å²) in [4.78, 5) is 13.3. The van der Waals surface area contributed by atoms with Gasteiger partial charge in [-0.05, 0) is 49.9 Å². The monoisotopic (exact) mass is 516 g/mol. The van der Waals surface area contributed by atoms with Crippen LogP contribution in [0.4, 0.5) is 0 Å². The summed E-state index contributed by atoms with van der Waals surface area (Å²) < 4.78 is 9.54. The van der Waals surface area contributed by atoms with E-state index in [0.29, 0.717) is 11.8 Å². The molecule has 0 saturated heterocycles. The maximum absolute atomic E-state index is 13.3. The Morgan fingerprint density at radius 3 is 2.32 bits per heavy atom. The van der Waals surface area contributed by atoms with E-state index < -0.39 is 0 Å². The lowest BCUT2D eigenvalue weighted by Gasteiger charge is -2.19. The molecule has 0 saturated carbocycles. The molecular formula is C30H36N4O2S. The van der Waals surface area contributed by atoms with Crippen LogP contribution in [-0.4, -0.2) is 44.6 Å². The molecule has 0 aliphatic heterocycles. The van der Waals surface area contributed by atoms with Crippen molar-refractivity contribution >= 4 is 17.5 Å². The Morgan fingerprint density at radius 1 is 1.03 bits per heavy atom. The summed E-state index contributed by atoms with van der Waals surface area (Å²) in [6, 6.07) is 20.7. The minimum atomic E-state index is 0.0732.